The smallest absolute Gasteiger partial charge is 0.387 e. The minimum atomic E-state index is -2.92. The normalized spacial score (nSPS) is 10.2. The van der Waals surface area contributed by atoms with Crippen molar-refractivity contribution in [1.82, 2.24) is 0 Å². The summed E-state index contributed by atoms with van der Waals surface area (Å²) in [5.74, 6) is -0.211. The van der Waals surface area contributed by atoms with Crippen molar-refractivity contribution in [3.63, 3.8) is 0 Å². The lowest BCUT2D eigenvalue weighted by Crippen LogP contribution is -2.14. The highest BCUT2D eigenvalue weighted by Gasteiger charge is 2.13. The van der Waals surface area contributed by atoms with Crippen LogP contribution >= 0.6 is 12.4 Å². The predicted molar refractivity (Wildman–Crippen MR) is 85.8 cm³/mol. The van der Waals surface area contributed by atoms with Crippen LogP contribution in [0.25, 0.3) is 0 Å². The zero-order chi connectivity index (χ0) is 15.7. The van der Waals surface area contributed by atoms with Crippen molar-refractivity contribution in [1.29, 1.82) is 0 Å². The highest BCUT2D eigenvalue weighted by molar-refractivity contribution is 5.93. The molecule has 1 aromatic rings. The van der Waals surface area contributed by atoms with E-state index in [-0.39, 0.29) is 24.1 Å². The van der Waals surface area contributed by atoms with Gasteiger partial charge in [-0.2, -0.15) is 8.78 Å². The number of ether oxygens (including phenoxy) is 1. The van der Waals surface area contributed by atoms with Crippen molar-refractivity contribution >= 4 is 24.0 Å². The first-order valence-corrected chi connectivity index (χ1v) is 7.09. The average Bonchev–Trinajstić information content (AvgIpc) is 2.42. The summed E-state index contributed by atoms with van der Waals surface area (Å²) in [6, 6.07) is 4.75. The molecule has 0 spiro atoms. The lowest BCUT2D eigenvalue weighted by Gasteiger charge is -2.14. The maximum absolute atomic E-state index is 12.3. The van der Waals surface area contributed by atoms with E-state index in [0.29, 0.717) is 24.2 Å². The zero-order valence-electron chi connectivity index (χ0n) is 12.6. The number of unbranched alkanes of at least 4 members (excludes halogenated alkanes) is 3. The summed E-state index contributed by atoms with van der Waals surface area (Å²) in [5, 5.41) is 2.65. The first kappa shape index (κ1) is 20.6. The first-order valence-electron chi connectivity index (χ1n) is 7.09. The molecule has 0 bridgehead atoms. The minimum Gasteiger partial charge on any atom is -0.433 e. The number of amides is 1. The number of nitrogens with one attached hydrogen (secondary N) is 1. The van der Waals surface area contributed by atoms with E-state index in [4.69, 9.17) is 5.73 Å². The van der Waals surface area contributed by atoms with Crippen LogP contribution < -0.4 is 15.8 Å². The van der Waals surface area contributed by atoms with E-state index in [9.17, 15) is 13.6 Å². The molecule has 1 aromatic carbocycles. The molecule has 0 saturated carbocycles. The van der Waals surface area contributed by atoms with Gasteiger partial charge in [-0.15, -0.1) is 12.4 Å². The maximum atomic E-state index is 12.3. The van der Waals surface area contributed by atoms with E-state index in [2.05, 4.69) is 10.1 Å². The predicted octanol–water partition coefficient (Wildman–Crippen LogP) is 3.87. The maximum Gasteiger partial charge on any atom is 0.387 e. The molecule has 0 aliphatic rings. The number of alkyl halides is 2. The monoisotopic (exact) mass is 336 g/mol. The molecule has 0 fully saturated rings. The van der Waals surface area contributed by atoms with Crippen molar-refractivity contribution in [2.45, 2.75) is 45.6 Å². The second-order valence-corrected chi connectivity index (χ2v) is 4.83. The van der Waals surface area contributed by atoms with Gasteiger partial charge in [0.1, 0.15) is 5.75 Å². The number of para-hydroxylation sites is 1. The van der Waals surface area contributed by atoms with Gasteiger partial charge in [-0.1, -0.05) is 25.0 Å². The third kappa shape index (κ3) is 7.56. The van der Waals surface area contributed by atoms with Gasteiger partial charge < -0.3 is 15.8 Å². The fourth-order valence-corrected chi connectivity index (χ4v) is 1.98. The number of rotatable bonds is 9. The standard InChI is InChI=1S/C15H22F2N2O2.ClH/c1-11-7-6-8-12(21-15(16)17)14(11)19-13(20)9-4-2-3-5-10-18;/h6-8,15H,2-5,9-10,18H2,1H3,(H,19,20);1H. The van der Waals surface area contributed by atoms with E-state index >= 15 is 0 Å². The Morgan fingerprint density at radius 1 is 1.27 bits per heavy atom. The summed E-state index contributed by atoms with van der Waals surface area (Å²) in [7, 11) is 0. The van der Waals surface area contributed by atoms with Gasteiger partial charge in [0.25, 0.3) is 0 Å². The highest BCUT2D eigenvalue weighted by Crippen LogP contribution is 2.29. The SMILES string of the molecule is Cc1cccc(OC(F)F)c1NC(=O)CCCCCCN.Cl. The Labute approximate surface area is 135 Å². The molecular weight excluding hydrogens is 314 g/mol. The molecule has 0 heterocycles. The molecule has 0 aliphatic carbocycles. The number of carbonyl (C=O) groups is 1. The fraction of sp³-hybridized carbons (Fsp3) is 0.533. The second kappa shape index (κ2) is 11.2. The molecule has 0 radical (unpaired) electrons. The van der Waals surface area contributed by atoms with Crippen LogP contribution in [0, 0.1) is 6.92 Å². The summed E-state index contributed by atoms with van der Waals surface area (Å²) in [4.78, 5) is 11.9. The van der Waals surface area contributed by atoms with Crippen molar-refractivity contribution < 1.29 is 18.3 Å². The van der Waals surface area contributed by atoms with E-state index in [1.807, 2.05) is 0 Å². The number of benzene rings is 1. The molecule has 126 valence electrons. The van der Waals surface area contributed by atoms with Gasteiger partial charge in [-0.3, -0.25) is 4.79 Å². The zero-order valence-corrected chi connectivity index (χ0v) is 13.4. The van der Waals surface area contributed by atoms with Crippen LogP contribution in [-0.2, 0) is 4.79 Å². The molecule has 7 heteroatoms. The summed E-state index contributed by atoms with van der Waals surface area (Å²) < 4.78 is 29.1. The van der Waals surface area contributed by atoms with Crippen molar-refractivity contribution in [2.24, 2.45) is 5.73 Å². The molecule has 3 N–H and O–H groups in total. The largest absolute Gasteiger partial charge is 0.433 e. The third-order valence-corrected chi connectivity index (χ3v) is 3.07. The number of carbonyl (C=O) groups excluding carboxylic acids is 1. The Morgan fingerprint density at radius 2 is 1.95 bits per heavy atom. The second-order valence-electron chi connectivity index (χ2n) is 4.83. The topological polar surface area (TPSA) is 64.3 Å². The molecule has 1 amide bonds. The quantitative estimate of drug-likeness (QED) is 0.673. The van der Waals surface area contributed by atoms with Gasteiger partial charge in [0.2, 0.25) is 5.91 Å². The summed E-state index contributed by atoms with van der Waals surface area (Å²) in [5.41, 5.74) is 6.39. The van der Waals surface area contributed by atoms with E-state index in [0.717, 1.165) is 25.7 Å². The molecular formula is C15H23ClF2N2O2. The number of anilines is 1. The van der Waals surface area contributed by atoms with Gasteiger partial charge in [-0.25, -0.2) is 0 Å². The Bertz CT molecular complexity index is 459. The Balaban J connectivity index is 0.00000441. The Kier molecular flexibility index (Phi) is 10.5. The minimum absolute atomic E-state index is 0. The number of halogens is 3. The first-order chi connectivity index (χ1) is 10.0. The van der Waals surface area contributed by atoms with Gasteiger partial charge in [0, 0.05) is 6.42 Å². The van der Waals surface area contributed by atoms with Crippen LogP contribution in [0.2, 0.25) is 0 Å². The van der Waals surface area contributed by atoms with E-state index in [1.165, 1.54) is 6.07 Å². The molecule has 4 nitrogen and oxygen atoms in total. The number of nitrogens with two attached hydrogens (primary N) is 1. The van der Waals surface area contributed by atoms with Gasteiger partial charge in [-0.05, 0) is 37.9 Å². The summed E-state index contributed by atoms with van der Waals surface area (Å²) in [6.07, 6.45) is 3.98. The summed E-state index contributed by atoms with van der Waals surface area (Å²) in [6.45, 7) is -0.530. The number of aryl methyl sites for hydroxylation is 1. The molecule has 22 heavy (non-hydrogen) atoms. The van der Waals surface area contributed by atoms with Crippen molar-refractivity contribution in [3.8, 4) is 5.75 Å². The van der Waals surface area contributed by atoms with Gasteiger partial charge in [0.05, 0.1) is 5.69 Å². The van der Waals surface area contributed by atoms with Gasteiger partial charge >= 0.3 is 6.61 Å². The number of hydrogen-bond acceptors (Lipinski definition) is 3. The molecule has 0 saturated heterocycles. The summed E-state index contributed by atoms with van der Waals surface area (Å²) >= 11 is 0. The van der Waals surface area contributed by atoms with Crippen LogP contribution in [-0.4, -0.2) is 19.1 Å². The van der Waals surface area contributed by atoms with Gasteiger partial charge in [0.15, 0.2) is 0 Å². The van der Waals surface area contributed by atoms with Crippen LogP contribution in [0.4, 0.5) is 14.5 Å². The highest BCUT2D eigenvalue weighted by atomic mass is 35.5. The average molecular weight is 337 g/mol. The van der Waals surface area contributed by atoms with Crippen LogP contribution in [0.5, 0.6) is 5.75 Å². The lowest BCUT2D eigenvalue weighted by molar-refractivity contribution is -0.116. The Morgan fingerprint density at radius 3 is 2.59 bits per heavy atom. The van der Waals surface area contributed by atoms with E-state index < -0.39 is 6.61 Å². The van der Waals surface area contributed by atoms with Crippen molar-refractivity contribution in [2.75, 3.05) is 11.9 Å². The molecule has 0 unspecified atom stereocenters. The fourth-order valence-electron chi connectivity index (χ4n) is 1.98. The number of hydrogen-bond donors (Lipinski definition) is 2. The van der Waals surface area contributed by atoms with Crippen LogP contribution in [0.1, 0.15) is 37.7 Å². The molecule has 0 atom stereocenters. The van der Waals surface area contributed by atoms with Crippen LogP contribution in [0.3, 0.4) is 0 Å². The molecule has 0 aromatic heterocycles. The van der Waals surface area contributed by atoms with Crippen LogP contribution in [0.15, 0.2) is 18.2 Å². The van der Waals surface area contributed by atoms with E-state index in [1.54, 1.807) is 19.1 Å². The molecule has 1 rings (SSSR count). The third-order valence-electron chi connectivity index (χ3n) is 3.07. The van der Waals surface area contributed by atoms with Crippen molar-refractivity contribution in [3.05, 3.63) is 23.8 Å². The Hall–Kier alpha value is -1.40. The lowest BCUT2D eigenvalue weighted by atomic mass is 10.1. The molecule has 0 aliphatic heterocycles.